The Morgan fingerprint density at radius 1 is 1.27 bits per heavy atom. The Balaban J connectivity index is 1.52. The van der Waals surface area contributed by atoms with E-state index < -0.39 is 12.0 Å². The fourth-order valence-electron chi connectivity index (χ4n) is 3.31. The van der Waals surface area contributed by atoms with Crippen molar-refractivity contribution in [1.82, 2.24) is 5.43 Å². The molecule has 1 amide bonds. The first-order valence-corrected chi connectivity index (χ1v) is 8.31. The number of phenolic OH excluding ortho intramolecular Hbond substituents is 1. The Labute approximate surface area is 149 Å². The van der Waals surface area contributed by atoms with E-state index in [2.05, 4.69) is 10.5 Å². The maximum absolute atomic E-state index is 14.0. The zero-order valence-corrected chi connectivity index (χ0v) is 14.0. The van der Waals surface area contributed by atoms with Crippen LogP contribution in [-0.2, 0) is 4.79 Å². The van der Waals surface area contributed by atoms with Gasteiger partial charge in [0.2, 0.25) is 6.10 Å². The van der Waals surface area contributed by atoms with Crippen molar-refractivity contribution in [2.24, 2.45) is 5.10 Å². The number of carbonyl (C=O) groups is 1. The third kappa shape index (κ3) is 2.75. The van der Waals surface area contributed by atoms with Crippen LogP contribution in [0.1, 0.15) is 30.4 Å². The molecule has 2 atom stereocenters. The second-order valence-corrected chi connectivity index (χ2v) is 6.36. The van der Waals surface area contributed by atoms with Crippen LogP contribution in [0.15, 0.2) is 41.5 Å². The predicted octanol–water partition coefficient (Wildman–Crippen LogP) is 2.70. The summed E-state index contributed by atoms with van der Waals surface area (Å²) in [7, 11) is 0. The number of amides is 1. The van der Waals surface area contributed by atoms with Gasteiger partial charge in [0.25, 0.3) is 5.91 Å². The summed E-state index contributed by atoms with van der Waals surface area (Å²) < 4.78 is 25.2. The van der Waals surface area contributed by atoms with Gasteiger partial charge in [-0.25, -0.2) is 9.82 Å². The number of fused-ring (bicyclic) bond motifs is 2. The molecule has 1 aliphatic carbocycles. The van der Waals surface area contributed by atoms with Crippen molar-refractivity contribution in [3.8, 4) is 17.2 Å². The highest BCUT2D eigenvalue weighted by Crippen LogP contribution is 2.39. The number of para-hydroxylation sites is 2. The van der Waals surface area contributed by atoms with Crippen molar-refractivity contribution in [3.63, 3.8) is 0 Å². The molecule has 2 N–H and O–H groups in total. The monoisotopic (exact) mass is 356 g/mol. The van der Waals surface area contributed by atoms with E-state index in [0.717, 1.165) is 0 Å². The summed E-state index contributed by atoms with van der Waals surface area (Å²) in [5.41, 5.74) is 3.65. The summed E-state index contributed by atoms with van der Waals surface area (Å²) in [4.78, 5) is 12.4. The maximum atomic E-state index is 14.0. The third-order valence-corrected chi connectivity index (χ3v) is 4.55. The minimum absolute atomic E-state index is 0.0510. The van der Waals surface area contributed by atoms with E-state index in [4.69, 9.17) is 9.47 Å². The van der Waals surface area contributed by atoms with E-state index in [-0.39, 0.29) is 24.1 Å². The fourth-order valence-corrected chi connectivity index (χ4v) is 3.31. The van der Waals surface area contributed by atoms with Crippen molar-refractivity contribution in [2.75, 3.05) is 6.61 Å². The standard InChI is InChI=1S/C19H17FN2O4/c1-10-8-12(18-13(23)7-6-11(20)17(10)18)21-22-19(24)16-9-25-14-4-2-3-5-15(14)26-16/h2-7,10,16,23H,8-9H2,1H3,(H,22,24)/b21-12+/t10-,16+/m0/s1. The average Bonchev–Trinajstić information content (AvgIpc) is 3.00. The number of hydrogen-bond donors (Lipinski definition) is 2. The lowest BCUT2D eigenvalue weighted by atomic mass is 10.0. The summed E-state index contributed by atoms with van der Waals surface area (Å²) in [5, 5.41) is 14.2. The highest BCUT2D eigenvalue weighted by molar-refractivity contribution is 6.07. The minimum Gasteiger partial charge on any atom is -0.507 e. The number of hydrogen-bond acceptors (Lipinski definition) is 5. The SMILES string of the molecule is C[C@H]1C/C(=N\NC(=O)[C@H]2COc3ccccc3O2)c2c(O)ccc(F)c21. The smallest absolute Gasteiger partial charge is 0.284 e. The van der Waals surface area contributed by atoms with E-state index in [9.17, 15) is 14.3 Å². The zero-order valence-electron chi connectivity index (χ0n) is 14.0. The molecule has 0 aromatic heterocycles. The Hall–Kier alpha value is -3.09. The molecule has 0 saturated heterocycles. The van der Waals surface area contributed by atoms with E-state index in [1.165, 1.54) is 12.1 Å². The fraction of sp³-hybridized carbons (Fsp3) is 0.263. The van der Waals surface area contributed by atoms with Crippen LogP contribution in [0.5, 0.6) is 17.2 Å². The second kappa shape index (κ2) is 6.33. The number of hydrazone groups is 1. The molecule has 0 fully saturated rings. The first-order chi connectivity index (χ1) is 12.5. The van der Waals surface area contributed by atoms with Crippen molar-refractivity contribution >= 4 is 11.6 Å². The minimum atomic E-state index is -0.839. The highest BCUT2D eigenvalue weighted by Gasteiger charge is 2.32. The molecule has 2 aromatic rings. The number of aromatic hydroxyl groups is 1. The van der Waals surface area contributed by atoms with Gasteiger partial charge in [0.05, 0.1) is 5.71 Å². The van der Waals surface area contributed by atoms with E-state index >= 15 is 0 Å². The second-order valence-electron chi connectivity index (χ2n) is 6.36. The maximum Gasteiger partial charge on any atom is 0.284 e. The summed E-state index contributed by atoms with van der Waals surface area (Å²) in [6.45, 7) is 1.92. The van der Waals surface area contributed by atoms with E-state index in [1.54, 1.807) is 18.2 Å². The predicted molar refractivity (Wildman–Crippen MR) is 92.1 cm³/mol. The van der Waals surface area contributed by atoms with Crippen LogP contribution in [0, 0.1) is 5.82 Å². The average molecular weight is 356 g/mol. The third-order valence-electron chi connectivity index (χ3n) is 4.55. The Bertz CT molecular complexity index is 912. The van der Waals surface area contributed by atoms with Gasteiger partial charge in [0, 0.05) is 11.1 Å². The molecule has 26 heavy (non-hydrogen) atoms. The van der Waals surface area contributed by atoms with Crippen molar-refractivity contribution < 1.29 is 23.8 Å². The van der Waals surface area contributed by atoms with Crippen LogP contribution in [0.25, 0.3) is 0 Å². The van der Waals surface area contributed by atoms with Gasteiger partial charge in [-0.05, 0) is 36.6 Å². The van der Waals surface area contributed by atoms with Crippen LogP contribution in [0.2, 0.25) is 0 Å². The molecule has 2 aromatic carbocycles. The van der Waals surface area contributed by atoms with Crippen LogP contribution in [0.3, 0.4) is 0 Å². The van der Waals surface area contributed by atoms with Crippen molar-refractivity contribution in [2.45, 2.75) is 25.4 Å². The first-order valence-electron chi connectivity index (χ1n) is 8.31. The lowest BCUT2D eigenvalue weighted by Gasteiger charge is -2.24. The van der Waals surface area contributed by atoms with Crippen LogP contribution in [0.4, 0.5) is 4.39 Å². The van der Waals surface area contributed by atoms with Gasteiger partial charge in [-0.1, -0.05) is 19.1 Å². The zero-order chi connectivity index (χ0) is 18.3. The van der Waals surface area contributed by atoms with Crippen LogP contribution >= 0.6 is 0 Å². The Kier molecular flexibility index (Phi) is 3.99. The van der Waals surface area contributed by atoms with Crippen LogP contribution in [-0.4, -0.2) is 29.4 Å². The molecule has 2 aliphatic rings. The number of ether oxygens (including phenoxy) is 2. The van der Waals surface area contributed by atoms with Gasteiger partial charge >= 0.3 is 0 Å². The molecule has 0 bridgehead atoms. The largest absolute Gasteiger partial charge is 0.507 e. The molecular formula is C19H17FN2O4. The molecule has 1 heterocycles. The molecule has 4 rings (SSSR count). The van der Waals surface area contributed by atoms with Gasteiger partial charge in [-0.2, -0.15) is 5.10 Å². The normalized spacial score (nSPS) is 22.2. The lowest BCUT2D eigenvalue weighted by Crippen LogP contribution is -2.42. The van der Waals surface area contributed by atoms with E-state index in [0.29, 0.717) is 34.8 Å². The number of halogens is 1. The molecule has 0 radical (unpaired) electrons. The number of nitrogens with zero attached hydrogens (tertiary/aromatic N) is 1. The van der Waals surface area contributed by atoms with Crippen molar-refractivity contribution in [3.05, 3.63) is 53.3 Å². The Morgan fingerprint density at radius 2 is 2.04 bits per heavy atom. The highest BCUT2D eigenvalue weighted by atomic mass is 19.1. The molecule has 7 heteroatoms. The number of benzene rings is 2. The summed E-state index contributed by atoms with van der Waals surface area (Å²) in [6.07, 6.45) is -0.414. The summed E-state index contributed by atoms with van der Waals surface area (Å²) in [6, 6.07) is 9.61. The molecule has 1 aliphatic heterocycles. The van der Waals surface area contributed by atoms with Gasteiger partial charge in [-0.3, -0.25) is 4.79 Å². The van der Waals surface area contributed by atoms with Gasteiger partial charge < -0.3 is 14.6 Å². The lowest BCUT2D eigenvalue weighted by molar-refractivity contribution is -0.130. The number of nitrogens with one attached hydrogen (secondary N) is 1. The van der Waals surface area contributed by atoms with E-state index in [1.807, 2.05) is 13.0 Å². The molecule has 6 nitrogen and oxygen atoms in total. The summed E-state index contributed by atoms with van der Waals surface area (Å²) >= 11 is 0. The molecule has 134 valence electrons. The molecular weight excluding hydrogens is 339 g/mol. The number of phenols is 1. The quantitative estimate of drug-likeness (QED) is 0.811. The number of carbonyl (C=O) groups excluding carboxylic acids is 1. The molecule has 0 spiro atoms. The molecule has 0 saturated carbocycles. The van der Waals surface area contributed by atoms with Gasteiger partial charge in [0.15, 0.2) is 11.5 Å². The summed E-state index contributed by atoms with van der Waals surface area (Å²) in [5.74, 6) is 0.0400. The topological polar surface area (TPSA) is 80.2 Å². The van der Waals surface area contributed by atoms with Gasteiger partial charge in [0.1, 0.15) is 18.2 Å². The number of rotatable bonds is 2. The Morgan fingerprint density at radius 3 is 2.85 bits per heavy atom. The van der Waals surface area contributed by atoms with Crippen molar-refractivity contribution in [1.29, 1.82) is 0 Å². The van der Waals surface area contributed by atoms with Gasteiger partial charge in [-0.15, -0.1) is 0 Å². The first kappa shape index (κ1) is 16.4. The van der Waals surface area contributed by atoms with Crippen LogP contribution < -0.4 is 14.9 Å². The molecule has 0 unspecified atom stereocenters.